The average molecular weight is 182 g/mol. The van der Waals surface area contributed by atoms with Gasteiger partial charge in [-0.05, 0) is 6.82 Å². The summed E-state index contributed by atoms with van der Waals surface area (Å²) in [5.41, 5.74) is 0. The highest BCUT2D eigenvalue weighted by Crippen LogP contribution is 1.79. The third kappa shape index (κ3) is 35.0. The third-order valence-electron chi connectivity index (χ3n) is 0.667. The molecule has 1 aromatic rings. The van der Waals surface area contributed by atoms with E-state index in [2.05, 4.69) is 13.8 Å². The van der Waals surface area contributed by atoms with Gasteiger partial charge in [-0.1, -0.05) is 56.7 Å². The summed E-state index contributed by atoms with van der Waals surface area (Å²) in [4.78, 5) is 0. The van der Waals surface area contributed by atoms with E-state index in [1.807, 2.05) is 36.4 Å². The summed E-state index contributed by atoms with van der Waals surface area (Å²) in [5.74, 6) is 0. The molecule has 0 amide bonds. The lowest BCUT2D eigenvalue weighted by atomic mass is 9.99. The van der Waals surface area contributed by atoms with Crippen molar-refractivity contribution in [3.63, 3.8) is 0 Å². The van der Waals surface area contributed by atoms with Crippen molar-refractivity contribution in [3.8, 4) is 0 Å². The minimum absolute atomic E-state index is 1.17. The summed E-state index contributed by atoms with van der Waals surface area (Å²) < 4.78 is 0. The molecule has 13 heavy (non-hydrogen) atoms. The molecule has 0 saturated heterocycles. The molecule has 0 saturated carbocycles. The predicted molar refractivity (Wildman–Crippen MR) is 58.5 cm³/mol. The maximum Gasteiger partial charge on any atom is 0.448 e. The van der Waals surface area contributed by atoms with E-state index < -0.39 is 7.12 Å². The van der Waals surface area contributed by atoms with Gasteiger partial charge in [0.25, 0.3) is 0 Å². The fraction of sp³-hybridized carbons (Fsp3) is 0.400. The normalized spacial score (nSPS) is 7.15. The molecule has 0 spiro atoms. The highest BCUT2D eigenvalue weighted by Gasteiger charge is 1.86. The van der Waals surface area contributed by atoms with Crippen LogP contribution in [0.5, 0.6) is 0 Å². The van der Waals surface area contributed by atoms with Crippen LogP contribution in [0, 0.1) is 0 Å². The van der Waals surface area contributed by atoms with Gasteiger partial charge in [-0.3, -0.25) is 0 Å². The van der Waals surface area contributed by atoms with Crippen molar-refractivity contribution in [2.45, 2.75) is 27.1 Å². The Labute approximate surface area is 81.4 Å². The molecular formula is C10H19BO2. The van der Waals surface area contributed by atoms with E-state index in [0.29, 0.717) is 0 Å². The standard InChI is InChI=1S/C6H6.C3H8.CH5BO2/c1-2-4-6-5-3-1;1-3-2;1-2(3)4/h1-6H;3H2,1-2H3;3-4H,1H3. The largest absolute Gasteiger partial charge is 0.448 e. The fourth-order valence-corrected chi connectivity index (χ4v) is 0.385. The summed E-state index contributed by atoms with van der Waals surface area (Å²) in [6.07, 6.45) is 1.25. The van der Waals surface area contributed by atoms with Crippen molar-refractivity contribution in [2.24, 2.45) is 0 Å². The van der Waals surface area contributed by atoms with Crippen LogP contribution in [0.25, 0.3) is 0 Å². The van der Waals surface area contributed by atoms with Crippen molar-refractivity contribution in [1.82, 2.24) is 0 Å². The van der Waals surface area contributed by atoms with Gasteiger partial charge in [0.15, 0.2) is 0 Å². The van der Waals surface area contributed by atoms with Crippen molar-refractivity contribution < 1.29 is 10.0 Å². The first-order valence-electron chi connectivity index (χ1n) is 4.51. The molecule has 0 bridgehead atoms. The zero-order chi connectivity index (χ0) is 10.5. The van der Waals surface area contributed by atoms with E-state index in [0.717, 1.165) is 0 Å². The van der Waals surface area contributed by atoms with Gasteiger partial charge >= 0.3 is 7.12 Å². The van der Waals surface area contributed by atoms with Crippen molar-refractivity contribution in [1.29, 1.82) is 0 Å². The maximum absolute atomic E-state index is 7.61. The molecule has 0 heterocycles. The second kappa shape index (κ2) is 13.8. The lowest BCUT2D eigenvalue weighted by Gasteiger charge is -1.71. The molecule has 0 fully saturated rings. The molecule has 0 radical (unpaired) electrons. The van der Waals surface area contributed by atoms with E-state index in [4.69, 9.17) is 10.0 Å². The lowest BCUT2D eigenvalue weighted by molar-refractivity contribution is 0.417. The zero-order valence-electron chi connectivity index (χ0n) is 8.64. The molecule has 2 nitrogen and oxygen atoms in total. The van der Waals surface area contributed by atoms with Crippen LogP contribution < -0.4 is 0 Å². The summed E-state index contributed by atoms with van der Waals surface area (Å²) in [6, 6.07) is 12.0. The number of rotatable bonds is 0. The Kier molecular flexibility index (Phi) is 15.6. The fourth-order valence-electron chi connectivity index (χ4n) is 0.385. The first-order chi connectivity index (χ1) is 6.15. The van der Waals surface area contributed by atoms with Gasteiger partial charge in [0.05, 0.1) is 0 Å². The van der Waals surface area contributed by atoms with Crippen molar-refractivity contribution in [3.05, 3.63) is 36.4 Å². The minimum Gasteiger partial charge on any atom is -0.427 e. The number of benzene rings is 1. The molecule has 3 heteroatoms. The molecule has 2 N–H and O–H groups in total. The highest BCUT2D eigenvalue weighted by atomic mass is 16.4. The van der Waals surface area contributed by atoms with Gasteiger partial charge in [-0.2, -0.15) is 0 Å². The van der Waals surface area contributed by atoms with Crippen LogP contribution in [0.1, 0.15) is 20.3 Å². The topological polar surface area (TPSA) is 40.5 Å². The molecule has 0 aromatic heterocycles. The number of hydrogen-bond donors (Lipinski definition) is 2. The molecule has 0 aliphatic rings. The van der Waals surface area contributed by atoms with E-state index in [-0.39, 0.29) is 0 Å². The Morgan fingerprint density at radius 1 is 0.846 bits per heavy atom. The predicted octanol–water partition coefficient (Wildman–Crippen LogP) is 2.19. The molecule has 1 aromatic carbocycles. The van der Waals surface area contributed by atoms with Crippen LogP contribution in [0.2, 0.25) is 6.82 Å². The molecule has 0 aliphatic heterocycles. The minimum atomic E-state index is -1.17. The molecular weight excluding hydrogens is 163 g/mol. The first-order valence-corrected chi connectivity index (χ1v) is 4.51. The quantitative estimate of drug-likeness (QED) is 0.603. The van der Waals surface area contributed by atoms with Gasteiger partial charge in [0, 0.05) is 0 Å². The maximum atomic E-state index is 7.61. The van der Waals surface area contributed by atoms with Crippen LogP contribution in [-0.4, -0.2) is 17.2 Å². The van der Waals surface area contributed by atoms with Crippen LogP contribution >= 0.6 is 0 Å². The summed E-state index contributed by atoms with van der Waals surface area (Å²) >= 11 is 0. The second-order valence-electron chi connectivity index (χ2n) is 2.49. The first kappa shape index (κ1) is 14.7. The molecule has 0 unspecified atom stereocenters. The SMILES string of the molecule is CB(O)O.CCC.c1ccccc1. The molecule has 0 atom stereocenters. The Morgan fingerprint density at radius 3 is 1.00 bits per heavy atom. The van der Waals surface area contributed by atoms with Crippen molar-refractivity contribution in [2.75, 3.05) is 0 Å². The molecule has 1 rings (SSSR count). The van der Waals surface area contributed by atoms with E-state index in [1.165, 1.54) is 13.2 Å². The molecule has 74 valence electrons. The van der Waals surface area contributed by atoms with Gasteiger partial charge in [0.2, 0.25) is 0 Å². The van der Waals surface area contributed by atoms with Gasteiger partial charge < -0.3 is 10.0 Å². The van der Waals surface area contributed by atoms with Crippen LogP contribution in [0.3, 0.4) is 0 Å². The van der Waals surface area contributed by atoms with Crippen molar-refractivity contribution >= 4 is 7.12 Å². The smallest absolute Gasteiger partial charge is 0.427 e. The van der Waals surface area contributed by atoms with Gasteiger partial charge in [-0.15, -0.1) is 0 Å². The lowest BCUT2D eigenvalue weighted by Crippen LogP contribution is -2.00. The van der Waals surface area contributed by atoms with Crippen LogP contribution in [0.4, 0.5) is 0 Å². The zero-order valence-corrected chi connectivity index (χ0v) is 8.64. The Hall–Kier alpha value is -0.795. The average Bonchev–Trinajstić information content (AvgIpc) is 2.08. The summed E-state index contributed by atoms with van der Waals surface area (Å²) in [6.45, 7) is 5.53. The van der Waals surface area contributed by atoms with E-state index >= 15 is 0 Å². The Bertz CT molecular complexity index is 125. The van der Waals surface area contributed by atoms with Crippen LogP contribution in [0.15, 0.2) is 36.4 Å². The molecule has 0 aliphatic carbocycles. The summed E-state index contributed by atoms with van der Waals surface area (Å²) in [5, 5.41) is 15.2. The summed E-state index contributed by atoms with van der Waals surface area (Å²) in [7, 11) is -1.17. The van der Waals surface area contributed by atoms with Gasteiger partial charge in [-0.25, -0.2) is 0 Å². The Morgan fingerprint density at radius 2 is 0.923 bits per heavy atom. The highest BCUT2D eigenvalue weighted by molar-refractivity contribution is 6.38. The second-order valence-corrected chi connectivity index (χ2v) is 2.49. The Balaban J connectivity index is 0. The monoisotopic (exact) mass is 182 g/mol. The number of hydrogen-bond acceptors (Lipinski definition) is 2. The van der Waals surface area contributed by atoms with E-state index in [1.54, 1.807) is 0 Å². The van der Waals surface area contributed by atoms with Crippen LogP contribution in [-0.2, 0) is 0 Å². The van der Waals surface area contributed by atoms with E-state index in [9.17, 15) is 0 Å². The third-order valence-corrected chi connectivity index (χ3v) is 0.667. The van der Waals surface area contributed by atoms with Gasteiger partial charge in [0.1, 0.15) is 0 Å².